The highest BCUT2D eigenvalue weighted by Crippen LogP contribution is 1.98. The number of carbonyl (C=O) groups excluding carboxylic acids is 1. The zero-order valence-electron chi connectivity index (χ0n) is 9.05. The van der Waals surface area contributed by atoms with Crippen molar-refractivity contribution >= 4 is 12.0 Å². The molecule has 0 aliphatic carbocycles. The second kappa shape index (κ2) is 6.54. The summed E-state index contributed by atoms with van der Waals surface area (Å²) in [6.07, 6.45) is 2.91. The van der Waals surface area contributed by atoms with Gasteiger partial charge in [0.05, 0.1) is 12.5 Å². The summed E-state index contributed by atoms with van der Waals surface area (Å²) < 4.78 is 4.81. The van der Waals surface area contributed by atoms with Crippen LogP contribution >= 0.6 is 0 Å². The summed E-state index contributed by atoms with van der Waals surface area (Å²) in [7, 11) is 0. The molecular formula is C10H14N2O5. The van der Waals surface area contributed by atoms with Gasteiger partial charge in [-0.3, -0.25) is 0 Å². The van der Waals surface area contributed by atoms with Gasteiger partial charge in [0.1, 0.15) is 6.04 Å². The number of nitrogens with one attached hydrogen (secondary N) is 2. The molecule has 0 radical (unpaired) electrons. The first-order valence-electron chi connectivity index (χ1n) is 5.02. The summed E-state index contributed by atoms with van der Waals surface area (Å²) in [5.74, 6) is -1.18. The molecule has 2 amide bonds. The van der Waals surface area contributed by atoms with Gasteiger partial charge in [-0.1, -0.05) is 0 Å². The molecule has 0 bridgehead atoms. The van der Waals surface area contributed by atoms with Gasteiger partial charge in [0, 0.05) is 25.1 Å². The van der Waals surface area contributed by atoms with Gasteiger partial charge in [-0.2, -0.15) is 0 Å². The minimum atomic E-state index is -1.18. The Kier molecular flexibility index (Phi) is 5.02. The van der Waals surface area contributed by atoms with E-state index in [1.54, 1.807) is 6.07 Å². The minimum absolute atomic E-state index is 0.0333. The molecule has 7 heteroatoms. The normalized spacial score (nSPS) is 11.8. The van der Waals surface area contributed by atoms with Crippen molar-refractivity contribution in [2.75, 3.05) is 6.61 Å². The van der Waals surface area contributed by atoms with Crippen molar-refractivity contribution < 1.29 is 24.2 Å². The number of amides is 2. The summed E-state index contributed by atoms with van der Waals surface area (Å²) in [6.45, 7) is -0.0627. The number of rotatable bonds is 6. The average Bonchev–Trinajstić information content (AvgIpc) is 2.78. The number of carboxylic acid groups (broad SMARTS) is 1. The quantitative estimate of drug-likeness (QED) is 0.557. The highest BCUT2D eigenvalue weighted by atomic mass is 16.4. The molecule has 0 fully saturated rings. The maximum Gasteiger partial charge on any atom is 0.326 e. The van der Waals surface area contributed by atoms with Crippen LogP contribution in [0.5, 0.6) is 0 Å². The van der Waals surface area contributed by atoms with E-state index in [0.717, 1.165) is 5.56 Å². The number of aliphatic carboxylic acids is 1. The lowest BCUT2D eigenvalue weighted by Crippen LogP contribution is -2.46. The number of hydrogen-bond acceptors (Lipinski definition) is 4. The van der Waals surface area contributed by atoms with E-state index in [1.807, 2.05) is 0 Å². The first-order valence-corrected chi connectivity index (χ1v) is 5.02. The van der Waals surface area contributed by atoms with Crippen molar-refractivity contribution in [2.45, 2.75) is 19.0 Å². The van der Waals surface area contributed by atoms with Gasteiger partial charge in [0.2, 0.25) is 0 Å². The first kappa shape index (κ1) is 13.0. The van der Waals surface area contributed by atoms with Crippen molar-refractivity contribution in [3.8, 4) is 0 Å². The van der Waals surface area contributed by atoms with Gasteiger partial charge in [-0.05, 0) is 6.07 Å². The topological polar surface area (TPSA) is 112 Å². The van der Waals surface area contributed by atoms with Crippen LogP contribution in [0, 0.1) is 0 Å². The molecule has 0 aliphatic rings. The molecule has 0 saturated heterocycles. The van der Waals surface area contributed by atoms with E-state index in [4.69, 9.17) is 14.6 Å². The van der Waals surface area contributed by atoms with Crippen LogP contribution in [0.2, 0.25) is 0 Å². The van der Waals surface area contributed by atoms with Crippen LogP contribution in [-0.2, 0) is 11.3 Å². The van der Waals surface area contributed by atoms with Crippen LogP contribution in [0.1, 0.15) is 12.0 Å². The average molecular weight is 242 g/mol. The number of carboxylic acids is 1. The van der Waals surface area contributed by atoms with Crippen molar-refractivity contribution in [2.24, 2.45) is 0 Å². The first-order chi connectivity index (χ1) is 8.13. The fraction of sp³-hybridized carbons (Fsp3) is 0.400. The number of urea groups is 1. The van der Waals surface area contributed by atoms with Crippen LogP contribution in [0.3, 0.4) is 0 Å². The predicted octanol–water partition coefficient (Wildman–Crippen LogP) is -0.0856. The van der Waals surface area contributed by atoms with Gasteiger partial charge >= 0.3 is 12.0 Å². The second-order valence-electron chi connectivity index (χ2n) is 3.36. The molecule has 0 aromatic carbocycles. The van der Waals surface area contributed by atoms with Gasteiger partial charge in [0.15, 0.2) is 0 Å². The Balaban J connectivity index is 2.34. The number of aliphatic hydroxyl groups is 1. The molecule has 0 saturated carbocycles. The zero-order valence-corrected chi connectivity index (χ0v) is 9.05. The second-order valence-corrected chi connectivity index (χ2v) is 3.36. The summed E-state index contributed by atoms with van der Waals surface area (Å²) in [5.41, 5.74) is 0.772. The Morgan fingerprint density at radius 1 is 1.47 bits per heavy atom. The van der Waals surface area contributed by atoms with Crippen LogP contribution in [0.15, 0.2) is 23.0 Å². The Hall–Kier alpha value is -2.02. The fourth-order valence-electron chi connectivity index (χ4n) is 1.17. The summed E-state index contributed by atoms with van der Waals surface area (Å²) in [6, 6.07) is -0.0146. The summed E-state index contributed by atoms with van der Waals surface area (Å²) in [5, 5.41) is 22.1. The van der Waals surface area contributed by atoms with Crippen molar-refractivity contribution in [1.29, 1.82) is 0 Å². The SMILES string of the molecule is O=C(NCc1ccoc1)N[C@H](CCO)C(=O)O. The highest BCUT2D eigenvalue weighted by molar-refractivity contribution is 5.82. The molecule has 17 heavy (non-hydrogen) atoms. The molecule has 1 heterocycles. The third-order valence-corrected chi connectivity index (χ3v) is 2.05. The molecule has 0 unspecified atom stereocenters. The molecule has 1 aromatic heterocycles. The van der Waals surface area contributed by atoms with Crippen LogP contribution in [0.25, 0.3) is 0 Å². The molecule has 1 atom stereocenters. The lowest BCUT2D eigenvalue weighted by Gasteiger charge is -2.13. The number of carbonyl (C=O) groups is 2. The molecule has 1 rings (SSSR count). The van der Waals surface area contributed by atoms with E-state index in [2.05, 4.69) is 10.6 Å². The molecule has 7 nitrogen and oxygen atoms in total. The van der Waals surface area contributed by atoms with Gasteiger partial charge in [0.25, 0.3) is 0 Å². The smallest absolute Gasteiger partial charge is 0.326 e. The number of aliphatic hydroxyl groups excluding tert-OH is 1. The van der Waals surface area contributed by atoms with E-state index in [1.165, 1.54) is 12.5 Å². The van der Waals surface area contributed by atoms with Gasteiger partial charge in [-0.25, -0.2) is 9.59 Å². The Morgan fingerprint density at radius 3 is 2.76 bits per heavy atom. The fourth-order valence-corrected chi connectivity index (χ4v) is 1.17. The maximum atomic E-state index is 11.3. The largest absolute Gasteiger partial charge is 0.480 e. The molecule has 0 spiro atoms. The third kappa shape index (κ3) is 4.56. The lowest BCUT2D eigenvalue weighted by atomic mass is 10.2. The van der Waals surface area contributed by atoms with E-state index >= 15 is 0 Å². The van der Waals surface area contributed by atoms with E-state index in [0.29, 0.717) is 0 Å². The highest BCUT2D eigenvalue weighted by Gasteiger charge is 2.18. The molecule has 94 valence electrons. The number of hydrogen-bond donors (Lipinski definition) is 4. The summed E-state index contributed by atoms with van der Waals surface area (Å²) in [4.78, 5) is 22.0. The van der Waals surface area contributed by atoms with Crippen LogP contribution in [-0.4, -0.2) is 34.9 Å². The number of furan rings is 1. The van der Waals surface area contributed by atoms with Crippen LogP contribution in [0.4, 0.5) is 4.79 Å². The monoisotopic (exact) mass is 242 g/mol. The summed E-state index contributed by atoms with van der Waals surface area (Å²) >= 11 is 0. The van der Waals surface area contributed by atoms with Gasteiger partial charge < -0.3 is 25.3 Å². The molecule has 4 N–H and O–H groups in total. The minimum Gasteiger partial charge on any atom is -0.480 e. The molecule has 0 aliphatic heterocycles. The van der Waals surface area contributed by atoms with Crippen molar-refractivity contribution in [3.05, 3.63) is 24.2 Å². The van der Waals surface area contributed by atoms with E-state index in [9.17, 15) is 9.59 Å². The maximum absolute atomic E-state index is 11.3. The van der Waals surface area contributed by atoms with Crippen molar-refractivity contribution in [3.63, 3.8) is 0 Å². The van der Waals surface area contributed by atoms with E-state index in [-0.39, 0.29) is 19.6 Å². The Labute approximate surface area is 97.4 Å². The van der Waals surface area contributed by atoms with E-state index < -0.39 is 18.0 Å². The Bertz CT molecular complexity index is 363. The Morgan fingerprint density at radius 2 is 2.24 bits per heavy atom. The predicted molar refractivity (Wildman–Crippen MR) is 57.2 cm³/mol. The van der Waals surface area contributed by atoms with Crippen LogP contribution < -0.4 is 10.6 Å². The van der Waals surface area contributed by atoms with Gasteiger partial charge in [-0.15, -0.1) is 0 Å². The zero-order chi connectivity index (χ0) is 12.7. The third-order valence-electron chi connectivity index (χ3n) is 2.05. The molecule has 1 aromatic rings. The lowest BCUT2D eigenvalue weighted by molar-refractivity contribution is -0.139. The standard InChI is InChI=1S/C10H14N2O5/c13-3-1-8(9(14)15)12-10(16)11-5-7-2-4-17-6-7/h2,4,6,8,13H,1,3,5H2,(H,14,15)(H2,11,12,16)/t8-/m1/s1. The van der Waals surface area contributed by atoms with Crippen molar-refractivity contribution in [1.82, 2.24) is 10.6 Å². The molecular weight excluding hydrogens is 228 g/mol.